The van der Waals surface area contributed by atoms with E-state index in [9.17, 15) is 9.59 Å². The fourth-order valence-electron chi connectivity index (χ4n) is 11.5. The van der Waals surface area contributed by atoms with Gasteiger partial charge in [-0.25, -0.2) is 0 Å². The van der Waals surface area contributed by atoms with Crippen molar-refractivity contribution in [1.82, 2.24) is 19.6 Å². The Bertz CT molecular complexity index is 1010. The molecule has 1 unspecified atom stereocenters. The van der Waals surface area contributed by atoms with Crippen molar-refractivity contribution in [3.63, 3.8) is 0 Å². The molecule has 2 saturated heterocycles. The predicted octanol–water partition coefficient (Wildman–Crippen LogP) is 6.56. The lowest BCUT2D eigenvalue weighted by Crippen LogP contribution is -2.53. The summed E-state index contributed by atoms with van der Waals surface area (Å²) in [5.41, 5.74) is 1.89. The number of fused-ring (bicyclic) bond motifs is 3. The summed E-state index contributed by atoms with van der Waals surface area (Å²) < 4.78 is 0. The Morgan fingerprint density at radius 2 is 1.34 bits per heavy atom. The van der Waals surface area contributed by atoms with Gasteiger partial charge in [0, 0.05) is 65.2 Å². The van der Waals surface area contributed by atoms with Crippen LogP contribution >= 0.6 is 0 Å². The van der Waals surface area contributed by atoms with Gasteiger partial charge in [0.25, 0.3) is 0 Å². The Kier molecular flexibility index (Phi) is 10.9. The van der Waals surface area contributed by atoms with Crippen LogP contribution in [-0.4, -0.2) is 96.9 Å². The zero-order chi connectivity index (χ0) is 31.6. The summed E-state index contributed by atoms with van der Waals surface area (Å²) in [6.07, 6.45) is 11.3. The van der Waals surface area contributed by atoms with Crippen molar-refractivity contribution in [2.45, 2.75) is 106 Å². The van der Waals surface area contributed by atoms with Gasteiger partial charge in [-0.1, -0.05) is 46.8 Å². The fourth-order valence-corrected chi connectivity index (χ4v) is 11.5. The highest BCUT2D eigenvalue weighted by atomic mass is 16.2. The standard InChI is InChI=1S/C38H66N4O2/c1-8-39-20-24-41(25-21-39)35(43)15-10-29(5)32-13-14-33-30-11-12-31(28(3)4)37(6,34(30)16-18-38(32,33)7)19-17-36(44)42-26-22-40(9-2)23-27-42/h29-34H,3,8-27H2,1-2,4-7H3/t29-,30+,31?,32-,33+,34+,37+,38-/m1/s1. The molecule has 2 aliphatic heterocycles. The van der Waals surface area contributed by atoms with Gasteiger partial charge in [0.2, 0.25) is 11.8 Å². The number of nitrogens with zero attached hydrogens (tertiary/aromatic N) is 4. The largest absolute Gasteiger partial charge is 0.340 e. The molecule has 8 atom stereocenters. The van der Waals surface area contributed by atoms with E-state index in [1.165, 1.54) is 44.1 Å². The summed E-state index contributed by atoms with van der Waals surface area (Å²) in [5, 5.41) is 0. The van der Waals surface area contributed by atoms with Crippen LogP contribution in [0.2, 0.25) is 0 Å². The van der Waals surface area contributed by atoms with Crippen molar-refractivity contribution in [2.75, 3.05) is 65.4 Å². The van der Waals surface area contributed by atoms with E-state index in [4.69, 9.17) is 0 Å². The number of allylic oxidation sites excluding steroid dienone is 1. The third-order valence-electron chi connectivity index (χ3n) is 14.3. The van der Waals surface area contributed by atoms with E-state index in [2.05, 4.69) is 67.7 Å². The molecule has 0 bridgehead atoms. The van der Waals surface area contributed by atoms with Crippen molar-refractivity contribution >= 4 is 11.8 Å². The summed E-state index contributed by atoms with van der Waals surface area (Å²) in [7, 11) is 0. The average molecular weight is 611 g/mol. The number of hydrogen-bond acceptors (Lipinski definition) is 4. The number of piperazine rings is 2. The first-order chi connectivity index (χ1) is 21.0. The predicted molar refractivity (Wildman–Crippen MR) is 181 cm³/mol. The van der Waals surface area contributed by atoms with Crippen molar-refractivity contribution in [3.05, 3.63) is 12.2 Å². The summed E-state index contributed by atoms with van der Waals surface area (Å²) >= 11 is 0. The first-order valence-electron chi connectivity index (χ1n) is 18.7. The topological polar surface area (TPSA) is 47.1 Å². The molecule has 2 heterocycles. The molecular formula is C38H66N4O2. The van der Waals surface area contributed by atoms with Gasteiger partial charge in [-0.15, -0.1) is 0 Å². The first-order valence-corrected chi connectivity index (χ1v) is 18.7. The van der Waals surface area contributed by atoms with Crippen LogP contribution in [0.1, 0.15) is 106 Å². The minimum absolute atomic E-state index is 0.162. The van der Waals surface area contributed by atoms with Gasteiger partial charge in [-0.2, -0.15) is 0 Å². The highest BCUT2D eigenvalue weighted by Gasteiger charge is 2.60. The second-order valence-corrected chi connectivity index (χ2v) is 16.2. The highest BCUT2D eigenvalue weighted by molar-refractivity contribution is 5.76. The number of hydrogen-bond donors (Lipinski definition) is 0. The number of amides is 2. The fraction of sp³-hybridized carbons (Fsp3) is 0.895. The van der Waals surface area contributed by atoms with Gasteiger partial charge in [-0.05, 0) is 118 Å². The Labute approximate surface area is 270 Å². The molecule has 0 N–H and O–H groups in total. The lowest BCUT2D eigenvalue weighted by Gasteiger charge is -2.60. The number of carbonyl (C=O) groups excluding carboxylic acids is 2. The van der Waals surface area contributed by atoms with Gasteiger partial charge in [-0.3, -0.25) is 9.59 Å². The summed E-state index contributed by atoms with van der Waals surface area (Å²) in [6, 6.07) is 0. The average Bonchev–Trinajstić information content (AvgIpc) is 3.39. The molecule has 5 aliphatic rings. The van der Waals surface area contributed by atoms with Gasteiger partial charge in [0.05, 0.1) is 0 Å². The number of carbonyl (C=O) groups is 2. The molecule has 0 aromatic rings. The van der Waals surface area contributed by atoms with Gasteiger partial charge in [0.1, 0.15) is 0 Å². The van der Waals surface area contributed by atoms with Crippen LogP contribution in [0.5, 0.6) is 0 Å². The molecule has 0 aromatic carbocycles. The monoisotopic (exact) mass is 611 g/mol. The van der Waals surface area contributed by atoms with E-state index in [-0.39, 0.29) is 5.41 Å². The lowest BCUT2D eigenvalue weighted by molar-refractivity contribution is -0.136. The van der Waals surface area contributed by atoms with Gasteiger partial charge < -0.3 is 19.6 Å². The van der Waals surface area contributed by atoms with Gasteiger partial charge in [0.15, 0.2) is 0 Å². The smallest absolute Gasteiger partial charge is 0.222 e. The van der Waals surface area contributed by atoms with Crippen molar-refractivity contribution in [3.8, 4) is 0 Å². The van der Waals surface area contributed by atoms with E-state index < -0.39 is 0 Å². The zero-order valence-electron chi connectivity index (χ0n) is 29.4. The van der Waals surface area contributed by atoms with E-state index >= 15 is 0 Å². The van der Waals surface area contributed by atoms with Crippen LogP contribution in [0.25, 0.3) is 0 Å². The minimum Gasteiger partial charge on any atom is -0.340 e. The molecule has 0 spiro atoms. The summed E-state index contributed by atoms with van der Waals surface area (Å²) in [5.74, 6) is 4.87. The normalized spacial score (nSPS) is 37.4. The first kappa shape index (κ1) is 33.9. The molecule has 44 heavy (non-hydrogen) atoms. The molecule has 0 radical (unpaired) electrons. The molecule has 5 fully saturated rings. The molecule has 3 aliphatic carbocycles. The molecule has 5 rings (SSSR count). The summed E-state index contributed by atoms with van der Waals surface area (Å²) in [6.45, 7) is 28.7. The van der Waals surface area contributed by atoms with E-state index in [1.807, 2.05) is 0 Å². The van der Waals surface area contributed by atoms with Crippen LogP contribution < -0.4 is 0 Å². The SMILES string of the molecule is C=C(C)C1CC[C@H]2[C@@H]3CC[C@H]([C@H](C)CCC(=O)N4CCN(CC)CC4)[C@@]3(C)CC[C@@H]2[C@@]1(C)CCC(=O)N1CCN(CC)CC1. The van der Waals surface area contributed by atoms with E-state index in [0.29, 0.717) is 41.4 Å². The summed E-state index contributed by atoms with van der Waals surface area (Å²) in [4.78, 5) is 35.8. The molecule has 2 amide bonds. The lowest BCUT2D eigenvalue weighted by atomic mass is 9.45. The Morgan fingerprint density at radius 3 is 1.89 bits per heavy atom. The maximum atomic E-state index is 13.5. The van der Waals surface area contributed by atoms with Crippen molar-refractivity contribution in [2.24, 2.45) is 46.3 Å². The van der Waals surface area contributed by atoms with Crippen LogP contribution in [0.3, 0.4) is 0 Å². The van der Waals surface area contributed by atoms with Crippen molar-refractivity contribution in [1.29, 1.82) is 0 Å². The minimum atomic E-state index is 0.162. The third-order valence-corrected chi connectivity index (χ3v) is 14.3. The molecule has 0 aromatic heterocycles. The van der Waals surface area contributed by atoms with Crippen molar-refractivity contribution < 1.29 is 9.59 Å². The Balaban J connectivity index is 1.21. The molecule has 6 heteroatoms. The second kappa shape index (κ2) is 14.2. The van der Waals surface area contributed by atoms with Crippen LogP contribution in [-0.2, 0) is 9.59 Å². The molecule has 3 saturated carbocycles. The van der Waals surface area contributed by atoms with Gasteiger partial charge >= 0.3 is 0 Å². The second-order valence-electron chi connectivity index (χ2n) is 16.2. The number of likely N-dealkylation sites (N-methyl/N-ethyl adjacent to an activating group) is 2. The maximum Gasteiger partial charge on any atom is 0.222 e. The molecule has 6 nitrogen and oxygen atoms in total. The number of rotatable bonds is 10. The van der Waals surface area contributed by atoms with E-state index in [0.717, 1.165) is 102 Å². The Hall–Kier alpha value is -1.40. The highest BCUT2D eigenvalue weighted by Crippen LogP contribution is 2.68. The quantitative estimate of drug-likeness (QED) is 0.263. The third kappa shape index (κ3) is 6.68. The molecular weight excluding hydrogens is 544 g/mol. The molecule has 250 valence electrons. The van der Waals surface area contributed by atoms with Crippen LogP contribution in [0.4, 0.5) is 0 Å². The van der Waals surface area contributed by atoms with Crippen LogP contribution in [0, 0.1) is 46.3 Å². The Morgan fingerprint density at radius 1 is 0.773 bits per heavy atom. The van der Waals surface area contributed by atoms with E-state index in [1.54, 1.807) is 0 Å². The maximum absolute atomic E-state index is 13.5. The van der Waals surface area contributed by atoms with Crippen LogP contribution in [0.15, 0.2) is 12.2 Å². The zero-order valence-corrected chi connectivity index (χ0v) is 29.4.